The second-order valence-electron chi connectivity index (χ2n) is 10.1. The van der Waals surface area contributed by atoms with E-state index < -0.39 is 11.6 Å². The Bertz CT molecular complexity index is 1020. The van der Waals surface area contributed by atoms with Crippen molar-refractivity contribution < 1.29 is 19.4 Å². The van der Waals surface area contributed by atoms with Crippen LogP contribution in [0.4, 0.5) is 4.79 Å². The second-order valence-corrected chi connectivity index (χ2v) is 11.3. The summed E-state index contributed by atoms with van der Waals surface area (Å²) in [6.45, 7) is 10.9. The van der Waals surface area contributed by atoms with Crippen LogP contribution in [-0.2, 0) is 4.74 Å². The summed E-state index contributed by atoms with van der Waals surface area (Å²) in [4.78, 5) is 30.7. The van der Waals surface area contributed by atoms with Crippen LogP contribution in [0.5, 0.6) is 0 Å². The van der Waals surface area contributed by atoms with Crippen molar-refractivity contribution in [3.8, 4) is 0 Å². The molecule has 1 fully saturated rings. The van der Waals surface area contributed by atoms with Gasteiger partial charge in [0.2, 0.25) is 0 Å². The molecule has 0 saturated carbocycles. The molecular weight excluding hydrogens is 522 g/mol. The molecule has 1 N–H and O–H groups in total. The standard InChI is InChI=1S/C25H33BrClN3O4/c1-15(2)30-21(20(22(31)32)28-23(30)26)19(17-6-8-18(27)9-7-17)14-16-10-12-29(13-11-16)24(33)34-25(3,4)5/h6-9,15-16,19H,10-14H2,1-5H3,(H,31,32). The maximum absolute atomic E-state index is 12.5. The molecule has 186 valence electrons. The highest BCUT2D eigenvalue weighted by atomic mass is 79.9. The minimum atomic E-state index is -1.05. The Morgan fingerprint density at radius 1 is 1.21 bits per heavy atom. The molecule has 0 radical (unpaired) electrons. The summed E-state index contributed by atoms with van der Waals surface area (Å²) >= 11 is 9.62. The number of rotatable bonds is 6. The summed E-state index contributed by atoms with van der Waals surface area (Å²) in [7, 11) is 0. The lowest BCUT2D eigenvalue weighted by Gasteiger charge is -2.35. The van der Waals surface area contributed by atoms with Gasteiger partial charge in [0.25, 0.3) is 0 Å². The van der Waals surface area contributed by atoms with Gasteiger partial charge in [-0.2, -0.15) is 0 Å². The van der Waals surface area contributed by atoms with E-state index >= 15 is 0 Å². The Morgan fingerprint density at radius 2 is 1.79 bits per heavy atom. The number of halogens is 2. The predicted molar refractivity (Wildman–Crippen MR) is 136 cm³/mol. The number of imidazole rings is 1. The van der Waals surface area contributed by atoms with E-state index in [1.807, 2.05) is 63.5 Å². The lowest BCUT2D eigenvalue weighted by atomic mass is 9.81. The molecule has 1 aliphatic rings. The summed E-state index contributed by atoms with van der Waals surface area (Å²) in [5.74, 6) is -0.910. The van der Waals surface area contributed by atoms with Crippen LogP contribution in [0.1, 0.15) is 87.6 Å². The number of carbonyl (C=O) groups is 2. The third-order valence-electron chi connectivity index (χ3n) is 6.06. The van der Waals surface area contributed by atoms with E-state index in [0.29, 0.717) is 34.5 Å². The van der Waals surface area contributed by atoms with Crippen molar-refractivity contribution in [3.63, 3.8) is 0 Å². The molecule has 1 aromatic carbocycles. The molecule has 1 aliphatic heterocycles. The number of aromatic carboxylic acids is 1. The Balaban J connectivity index is 1.90. The van der Waals surface area contributed by atoms with Crippen molar-refractivity contribution in [2.45, 2.75) is 71.4 Å². The van der Waals surface area contributed by atoms with Gasteiger partial charge in [0, 0.05) is 30.1 Å². The van der Waals surface area contributed by atoms with E-state index in [1.54, 1.807) is 4.90 Å². The van der Waals surface area contributed by atoms with Crippen LogP contribution >= 0.6 is 27.5 Å². The number of carbonyl (C=O) groups excluding carboxylic acids is 1. The van der Waals surface area contributed by atoms with Gasteiger partial charge < -0.3 is 19.3 Å². The quantitative estimate of drug-likeness (QED) is 0.427. The third-order valence-corrected chi connectivity index (χ3v) is 6.87. The van der Waals surface area contributed by atoms with Gasteiger partial charge in [-0.15, -0.1) is 0 Å². The first-order chi connectivity index (χ1) is 15.9. The molecule has 9 heteroatoms. The monoisotopic (exact) mass is 553 g/mol. The van der Waals surface area contributed by atoms with Crippen molar-refractivity contribution in [2.24, 2.45) is 5.92 Å². The minimum Gasteiger partial charge on any atom is -0.476 e. The third kappa shape index (κ3) is 6.33. The van der Waals surface area contributed by atoms with E-state index in [2.05, 4.69) is 20.9 Å². The molecule has 2 aromatic rings. The van der Waals surface area contributed by atoms with Crippen molar-refractivity contribution in [1.82, 2.24) is 14.5 Å². The number of piperidine rings is 1. The summed E-state index contributed by atoms with van der Waals surface area (Å²) in [6.07, 6.45) is 2.11. The minimum absolute atomic E-state index is 0.0220. The molecule has 7 nitrogen and oxygen atoms in total. The summed E-state index contributed by atoms with van der Waals surface area (Å²) in [5, 5.41) is 10.6. The highest BCUT2D eigenvalue weighted by Gasteiger charge is 2.33. The normalized spacial score (nSPS) is 16.1. The zero-order chi connectivity index (χ0) is 25.2. The second kappa shape index (κ2) is 10.7. The lowest BCUT2D eigenvalue weighted by molar-refractivity contribution is 0.0179. The molecular formula is C25H33BrClN3O4. The van der Waals surface area contributed by atoms with E-state index in [-0.39, 0.29) is 23.7 Å². The van der Waals surface area contributed by atoms with Gasteiger partial charge in [-0.05, 0) is 93.4 Å². The number of hydrogen-bond donors (Lipinski definition) is 1. The molecule has 1 aromatic heterocycles. The highest BCUT2D eigenvalue weighted by molar-refractivity contribution is 9.10. The number of aromatic nitrogens is 2. The summed E-state index contributed by atoms with van der Waals surface area (Å²) in [6, 6.07) is 7.61. The molecule has 0 aliphatic carbocycles. The van der Waals surface area contributed by atoms with Gasteiger partial charge in [-0.1, -0.05) is 23.7 Å². The van der Waals surface area contributed by atoms with E-state index in [1.165, 1.54) is 0 Å². The van der Waals surface area contributed by atoms with Crippen molar-refractivity contribution in [2.75, 3.05) is 13.1 Å². The predicted octanol–water partition coefficient (Wildman–Crippen LogP) is 6.75. The molecule has 1 unspecified atom stereocenters. The molecule has 3 rings (SSSR count). The fourth-order valence-corrected chi connectivity index (χ4v) is 5.41. The molecule has 1 saturated heterocycles. The first-order valence-corrected chi connectivity index (χ1v) is 12.8. The van der Waals surface area contributed by atoms with Crippen LogP contribution in [0.15, 0.2) is 29.0 Å². The van der Waals surface area contributed by atoms with Crippen molar-refractivity contribution >= 4 is 39.6 Å². The van der Waals surface area contributed by atoms with Crippen LogP contribution in [0.25, 0.3) is 0 Å². The number of nitrogens with zero attached hydrogens (tertiary/aromatic N) is 3. The zero-order valence-corrected chi connectivity index (χ0v) is 22.7. The highest BCUT2D eigenvalue weighted by Crippen LogP contribution is 2.39. The SMILES string of the molecule is CC(C)n1c(Br)nc(C(=O)O)c1C(CC1CCN(C(=O)OC(C)(C)C)CC1)c1ccc(Cl)cc1. The van der Waals surface area contributed by atoms with E-state index in [9.17, 15) is 14.7 Å². The molecule has 1 atom stereocenters. The number of benzene rings is 1. The topological polar surface area (TPSA) is 84.7 Å². The maximum Gasteiger partial charge on any atom is 0.410 e. The first kappa shape index (κ1) is 26.5. The molecule has 0 bridgehead atoms. The number of hydrogen-bond acceptors (Lipinski definition) is 4. The molecule has 2 heterocycles. The van der Waals surface area contributed by atoms with Gasteiger partial charge >= 0.3 is 12.1 Å². The van der Waals surface area contributed by atoms with Crippen molar-refractivity contribution in [3.05, 3.63) is 51.0 Å². The van der Waals surface area contributed by atoms with Crippen LogP contribution < -0.4 is 0 Å². The van der Waals surface area contributed by atoms with Gasteiger partial charge in [0.15, 0.2) is 10.4 Å². The largest absolute Gasteiger partial charge is 0.476 e. The fraction of sp³-hybridized carbons (Fsp3) is 0.560. The Hall–Kier alpha value is -2.06. The van der Waals surface area contributed by atoms with E-state index in [0.717, 1.165) is 24.8 Å². The molecule has 0 spiro atoms. The fourth-order valence-electron chi connectivity index (χ4n) is 4.51. The van der Waals surface area contributed by atoms with Crippen LogP contribution in [0.2, 0.25) is 5.02 Å². The molecule has 1 amide bonds. The first-order valence-electron chi connectivity index (χ1n) is 11.6. The smallest absolute Gasteiger partial charge is 0.410 e. The number of likely N-dealkylation sites (tertiary alicyclic amines) is 1. The number of ether oxygens (including phenoxy) is 1. The van der Waals surface area contributed by atoms with Gasteiger partial charge in [-0.25, -0.2) is 14.6 Å². The van der Waals surface area contributed by atoms with Gasteiger partial charge in [-0.3, -0.25) is 0 Å². The average Bonchev–Trinajstić information content (AvgIpc) is 3.09. The van der Waals surface area contributed by atoms with E-state index in [4.69, 9.17) is 16.3 Å². The van der Waals surface area contributed by atoms with Crippen molar-refractivity contribution in [1.29, 1.82) is 0 Å². The Labute approximate surface area is 214 Å². The number of carboxylic acid groups (broad SMARTS) is 1. The van der Waals surface area contributed by atoms with Gasteiger partial charge in [0.05, 0.1) is 5.69 Å². The summed E-state index contributed by atoms with van der Waals surface area (Å²) < 4.78 is 7.99. The number of carboxylic acids is 1. The Morgan fingerprint density at radius 3 is 2.29 bits per heavy atom. The Kier molecular flexibility index (Phi) is 8.34. The lowest BCUT2D eigenvalue weighted by Crippen LogP contribution is -2.42. The van der Waals surface area contributed by atoms with Crippen LogP contribution in [0, 0.1) is 5.92 Å². The summed E-state index contributed by atoms with van der Waals surface area (Å²) in [5.41, 5.74) is 1.22. The van der Waals surface area contributed by atoms with Crippen LogP contribution in [0.3, 0.4) is 0 Å². The van der Waals surface area contributed by atoms with Gasteiger partial charge in [0.1, 0.15) is 5.60 Å². The maximum atomic E-state index is 12.5. The molecule has 34 heavy (non-hydrogen) atoms. The zero-order valence-electron chi connectivity index (χ0n) is 20.3. The number of amides is 1. The van der Waals surface area contributed by atoms with Crippen LogP contribution in [-0.4, -0.2) is 50.3 Å². The average molecular weight is 555 g/mol.